The van der Waals surface area contributed by atoms with Crippen molar-refractivity contribution >= 4 is 29.9 Å². The smallest absolute Gasteiger partial charge is 0.194 e. The van der Waals surface area contributed by atoms with E-state index in [9.17, 15) is 5.11 Å². The van der Waals surface area contributed by atoms with E-state index in [4.69, 9.17) is 0 Å². The minimum atomic E-state index is -0.543. The summed E-state index contributed by atoms with van der Waals surface area (Å²) < 4.78 is 0. The summed E-state index contributed by atoms with van der Waals surface area (Å²) >= 11 is 0. The Labute approximate surface area is 134 Å². The molecular formula is C14H28IN3O. The summed E-state index contributed by atoms with van der Waals surface area (Å²) in [4.78, 5) is 6.99. The van der Waals surface area contributed by atoms with Gasteiger partial charge in [0.15, 0.2) is 5.96 Å². The number of aliphatic imine (C=N–C) groups is 1. The van der Waals surface area contributed by atoms with Crippen molar-refractivity contribution in [3.05, 3.63) is 0 Å². The molecule has 1 aliphatic heterocycles. The van der Waals surface area contributed by atoms with Gasteiger partial charge in [-0.05, 0) is 32.6 Å². The van der Waals surface area contributed by atoms with Gasteiger partial charge in [0.2, 0.25) is 0 Å². The molecule has 0 aromatic heterocycles. The second-order valence-electron chi connectivity index (χ2n) is 5.65. The van der Waals surface area contributed by atoms with E-state index >= 15 is 0 Å². The summed E-state index contributed by atoms with van der Waals surface area (Å²) in [6.45, 7) is 5.76. The zero-order valence-electron chi connectivity index (χ0n) is 12.0. The Kier molecular flexibility index (Phi) is 7.42. The molecule has 1 heterocycles. The first-order chi connectivity index (χ1) is 8.73. The Balaban J connectivity index is 0.00000180. The number of nitrogens with one attached hydrogen (secondary N) is 1. The fourth-order valence-corrected chi connectivity index (χ4v) is 2.94. The number of halogens is 1. The van der Waals surface area contributed by atoms with E-state index in [1.54, 1.807) is 0 Å². The van der Waals surface area contributed by atoms with E-state index in [1.807, 2.05) is 0 Å². The van der Waals surface area contributed by atoms with Gasteiger partial charge in [-0.1, -0.05) is 19.3 Å². The minimum Gasteiger partial charge on any atom is -0.388 e. The van der Waals surface area contributed by atoms with Crippen LogP contribution in [0.5, 0.6) is 0 Å². The van der Waals surface area contributed by atoms with Crippen molar-refractivity contribution < 1.29 is 5.11 Å². The van der Waals surface area contributed by atoms with Crippen molar-refractivity contribution in [1.82, 2.24) is 10.2 Å². The van der Waals surface area contributed by atoms with Gasteiger partial charge in [0.1, 0.15) is 0 Å². The van der Waals surface area contributed by atoms with E-state index in [1.165, 1.54) is 19.3 Å². The van der Waals surface area contributed by atoms with Crippen LogP contribution in [0.1, 0.15) is 51.9 Å². The molecule has 112 valence electrons. The third kappa shape index (κ3) is 5.10. The summed E-state index contributed by atoms with van der Waals surface area (Å²) in [6.07, 6.45) is 7.89. The topological polar surface area (TPSA) is 47.9 Å². The first-order valence-corrected chi connectivity index (χ1v) is 7.49. The van der Waals surface area contributed by atoms with Crippen molar-refractivity contribution in [2.45, 2.75) is 57.5 Å². The van der Waals surface area contributed by atoms with Crippen LogP contribution in [0.3, 0.4) is 0 Å². The standard InChI is InChI=1S/C14H27N3O.HI/c1-2-15-13(17-10-6-7-11-17)16-12-14(18)8-4-3-5-9-14;/h18H,2-12H2,1H3,(H,15,16);1H. The Hall–Kier alpha value is -0.0400. The Bertz CT molecular complexity index is 284. The molecule has 1 saturated carbocycles. The molecule has 19 heavy (non-hydrogen) atoms. The van der Waals surface area contributed by atoms with Crippen molar-refractivity contribution in [3.8, 4) is 0 Å². The van der Waals surface area contributed by atoms with Gasteiger partial charge in [0, 0.05) is 19.6 Å². The highest BCUT2D eigenvalue weighted by atomic mass is 127. The molecule has 1 saturated heterocycles. The zero-order chi connectivity index (χ0) is 12.8. The maximum atomic E-state index is 10.5. The third-order valence-corrected chi connectivity index (χ3v) is 4.05. The number of guanidine groups is 1. The Morgan fingerprint density at radius 1 is 1.16 bits per heavy atom. The van der Waals surface area contributed by atoms with E-state index in [2.05, 4.69) is 22.1 Å². The average molecular weight is 381 g/mol. The molecule has 0 atom stereocenters. The largest absolute Gasteiger partial charge is 0.388 e. The monoisotopic (exact) mass is 381 g/mol. The number of hydrogen-bond donors (Lipinski definition) is 2. The maximum absolute atomic E-state index is 10.5. The molecule has 0 unspecified atom stereocenters. The second kappa shape index (κ2) is 8.29. The maximum Gasteiger partial charge on any atom is 0.194 e. The number of rotatable bonds is 3. The van der Waals surface area contributed by atoms with E-state index < -0.39 is 5.60 Å². The van der Waals surface area contributed by atoms with E-state index in [-0.39, 0.29) is 24.0 Å². The predicted molar refractivity (Wildman–Crippen MR) is 90.2 cm³/mol. The highest BCUT2D eigenvalue weighted by Gasteiger charge is 2.29. The van der Waals surface area contributed by atoms with Crippen LogP contribution >= 0.6 is 24.0 Å². The fourth-order valence-electron chi connectivity index (χ4n) is 2.94. The van der Waals surface area contributed by atoms with Crippen molar-refractivity contribution in [3.63, 3.8) is 0 Å². The summed E-state index contributed by atoms with van der Waals surface area (Å²) in [7, 11) is 0. The highest BCUT2D eigenvalue weighted by Crippen LogP contribution is 2.28. The van der Waals surface area contributed by atoms with E-state index in [0.29, 0.717) is 6.54 Å². The molecule has 4 nitrogen and oxygen atoms in total. The Morgan fingerprint density at radius 3 is 2.37 bits per heavy atom. The van der Waals surface area contributed by atoms with Gasteiger partial charge >= 0.3 is 0 Å². The van der Waals surface area contributed by atoms with Crippen LogP contribution in [0, 0.1) is 0 Å². The molecule has 2 N–H and O–H groups in total. The zero-order valence-corrected chi connectivity index (χ0v) is 14.4. The SMILES string of the molecule is CCNC(=NCC1(O)CCCCC1)N1CCCC1.I. The predicted octanol–water partition coefficient (Wildman–Crippen LogP) is 2.36. The first kappa shape index (κ1) is 17.0. The average Bonchev–Trinajstić information content (AvgIpc) is 2.89. The number of likely N-dealkylation sites (tertiary alicyclic amines) is 1. The quantitative estimate of drug-likeness (QED) is 0.448. The van der Waals surface area contributed by atoms with Gasteiger partial charge in [-0.2, -0.15) is 0 Å². The summed E-state index contributed by atoms with van der Waals surface area (Å²) in [5, 5.41) is 13.8. The minimum absolute atomic E-state index is 0. The molecule has 1 aliphatic carbocycles. The third-order valence-electron chi connectivity index (χ3n) is 4.05. The van der Waals surface area contributed by atoms with Gasteiger partial charge in [-0.3, -0.25) is 4.99 Å². The van der Waals surface area contributed by atoms with Crippen LogP contribution < -0.4 is 5.32 Å². The molecule has 2 fully saturated rings. The van der Waals surface area contributed by atoms with Crippen LogP contribution in [0.4, 0.5) is 0 Å². The Morgan fingerprint density at radius 2 is 1.79 bits per heavy atom. The van der Waals surface area contributed by atoms with Crippen LogP contribution in [0.25, 0.3) is 0 Å². The lowest BCUT2D eigenvalue weighted by Gasteiger charge is -2.31. The van der Waals surface area contributed by atoms with Gasteiger partial charge in [0.05, 0.1) is 12.1 Å². The summed E-state index contributed by atoms with van der Waals surface area (Å²) in [6, 6.07) is 0. The number of nitrogens with zero attached hydrogens (tertiary/aromatic N) is 2. The van der Waals surface area contributed by atoms with Gasteiger partial charge in [-0.15, -0.1) is 24.0 Å². The van der Waals surface area contributed by atoms with E-state index in [0.717, 1.165) is 51.3 Å². The fraction of sp³-hybridized carbons (Fsp3) is 0.929. The molecule has 0 spiro atoms. The molecule has 2 rings (SSSR count). The summed E-state index contributed by atoms with van der Waals surface area (Å²) in [5.41, 5.74) is -0.543. The molecule has 5 heteroatoms. The van der Waals surface area contributed by atoms with Crippen LogP contribution in [-0.2, 0) is 0 Å². The molecule has 2 aliphatic rings. The number of hydrogen-bond acceptors (Lipinski definition) is 2. The molecule has 0 radical (unpaired) electrons. The second-order valence-corrected chi connectivity index (χ2v) is 5.65. The lowest BCUT2D eigenvalue weighted by Crippen LogP contribution is -2.42. The molecule has 0 bridgehead atoms. The molecule has 0 aromatic carbocycles. The van der Waals surface area contributed by atoms with Crippen molar-refractivity contribution in [1.29, 1.82) is 0 Å². The molecule has 0 aromatic rings. The lowest BCUT2D eigenvalue weighted by molar-refractivity contribution is 0.0130. The normalized spacial score (nSPS) is 23.1. The van der Waals surface area contributed by atoms with Crippen LogP contribution in [-0.4, -0.2) is 47.7 Å². The molecule has 0 amide bonds. The number of aliphatic hydroxyl groups is 1. The van der Waals surface area contributed by atoms with Gasteiger partial charge in [0.25, 0.3) is 0 Å². The van der Waals surface area contributed by atoms with Gasteiger partial charge in [-0.25, -0.2) is 0 Å². The van der Waals surface area contributed by atoms with Crippen LogP contribution in [0.2, 0.25) is 0 Å². The first-order valence-electron chi connectivity index (χ1n) is 7.49. The van der Waals surface area contributed by atoms with Gasteiger partial charge < -0.3 is 15.3 Å². The lowest BCUT2D eigenvalue weighted by atomic mass is 9.85. The molecular weight excluding hydrogens is 353 g/mol. The van der Waals surface area contributed by atoms with Crippen molar-refractivity contribution in [2.24, 2.45) is 4.99 Å². The van der Waals surface area contributed by atoms with Crippen LogP contribution in [0.15, 0.2) is 4.99 Å². The van der Waals surface area contributed by atoms with Crippen molar-refractivity contribution in [2.75, 3.05) is 26.2 Å². The summed E-state index contributed by atoms with van der Waals surface area (Å²) in [5.74, 6) is 0.994. The highest BCUT2D eigenvalue weighted by molar-refractivity contribution is 14.0.